The zero-order chi connectivity index (χ0) is 11.8. The average molecular weight is 252 g/mol. The van der Waals surface area contributed by atoms with E-state index < -0.39 is 0 Å². The lowest BCUT2D eigenvalue weighted by molar-refractivity contribution is 0.267. The molecule has 0 radical (unpaired) electrons. The fourth-order valence-electron chi connectivity index (χ4n) is 2.73. The molecule has 0 aliphatic heterocycles. The second kappa shape index (κ2) is 4.27. The van der Waals surface area contributed by atoms with Gasteiger partial charge in [0.1, 0.15) is 5.65 Å². The lowest BCUT2D eigenvalue weighted by atomic mass is 10.2. The van der Waals surface area contributed by atoms with Crippen LogP contribution in [0.2, 0.25) is 5.28 Å². The molecule has 0 saturated heterocycles. The highest BCUT2D eigenvalue weighted by molar-refractivity contribution is 6.28. The Morgan fingerprint density at radius 3 is 2.88 bits per heavy atom. The van der Waals surface area contributed by atoms with Gasteiger partial charge in [-0.1, -0.05) is 12.8 Å². The van der Waals surface area contributed by atoms with Gasteiger partial charge in [-0.3, -0.25) is 0 Å². The van der Waals surface area contributed by atoms with E-state index in [4.69, 9.17) is 11.6 Å². The van der Waals surface area contributed by atoms with Crippen molar-refractivity contribution in [1.29, 1.82) is 0 Å². The number of aromatic nitrogens is 3. The third-order valence-electron chi connectivity index (χ3n) is 3.48. The molecule has 3 rings (SSSR count). The first-order valence-electron chi connectivity index (χ1n) is 5.93. The molecular weight excluding hydrogens is 238 g/mol. The Morgan fingerprint density at radius 2 is 2.18 bits per heavy atom. The summed E-state index contributed by atoms with van der Waals surface area (Å²) >= 11 is 5.85. The molecule has 4 nitrogen and oxygen atoms in total. The number of aliphatic hydroxyl groups is 1. The maximum absolute atomic E-state index is 9.45. The number of halogens is 1. The van der Waals surface area contributed by atoms with Gasteiger partial charge < -0.3 is 9.67 Å². The summed E-state index contributed by atoms with van der Waals surface area (Å²) in [6.07, 6.45) is 6.51. The van der Waals surface area contributed by atoms with Gasteiger partial charge in [-0.05, 0) is 30.5 Å². The van der Waals surface area contributed by atoms with Crippen LogP contribution in [0.4, 0.5) is 0 Å². The predicted octanol–water partition coefficient (Wildman–Crippen LogP) is 2.69. The van der Waals surface area contributed by atoms with Gasteiger partial charge in [0.05, 0.1) is 6.61 Å². The van der Waals surface area contributed by atoms with Gasteiger partial charge >= 0.3 is 0 Å². The van der Waals surface area contributed by atoms with Crippen molar-refractivity contribution in [2.75, 3.05) is 0 Å². The lowest BCUT2D eigenvalue weighted by Gasteiger charge is -2.15. The smallest absolute Gasteiger partial charge is 0.224 e. The van der Waals surface area contributed by atoms with Gasteiger partial charge in [0.15, 0.2) is 0 Å². The molecule has 2 aromatic heterocycles. The Labute approximate surface area is 104 Å². The molecule has 0 amide bonds. The highest BCUT2D eigenvalue weighted by Crippen LogP contribution is 2.34. The fraction of sp³-hybridized carbons (Fsp3) is 0.500. The molecule has 5 heteroatoms. The zero-order valence-electron chi connectivity index (χ0n) is 9.43. The van der Waals surface area contributed by atoms with Crippen molar-refractivity contribution in [2.24, 2.45) is 0 Å². The first kappa shape index (κ1) is 11.0. The number of nitrogens with zero attached hydrogens (tertiary/aromatic N) is 3. The third-order valence-corrected chi connectivity index (χ3v) is 3.66. The zero-order valence-corrected chi connectivity index (χ0v) is 10.2. The predicted molar refractivity (Wildman–Crippen MR) is 66.0 cm³/mol. The SMILES string of the molecule is OCc1cc2cnc(Cl)nc2n1C1CCCC1. The Kier molecular flexibility index (Phi) is 2.76. The summed E-state index contributed by atoms with van der Waals surface area (Å²) in [6, 6.07) is 2.39. The molecule has 0 aromatic carbocycles. The molecule has 1 fully saturated rings. The van der Waals surface area contributed by atoms with Crippen molar-refractivity contribution in [3.63, 3.8) is 0 Å². The van der Waals surface area contributed by atoms with E-state index in [2.05, 4.69) is 14.5 Å². The quantitative estimate of drug-likeness (QED) is 0.835. The van der Waals surface area contributed by atoms with Crippen molar-refractivity contribution < 1.29 is 5.11 Å². The third kappa shape index (κ3) is 1.81. The summed E-state index contributed by atoms with van der Waals surface area (Å²) in [5.74, 6) is 0. The van der Waals surface area contributed by atoms with Crippen LogP contribution in [0.1, 0.15) is 37.4 Å². The number of aliphatic hydroxyl groups excluding tert-OH is 1. The minimum absolute atomic E-state index is 0.0322. The maximum Gasteiger partial charge on any atom is 0.224 e. The molecule has 0 spiro atoms. The second-order valence-corrected chi connectivity index (χ2v) is 4.86. The number of hydrogen-bond acceptors (Lipinski definition) is 3. The molecule has 2 aromatic rings. The molecule has 0 bridgehead atoms. The number of fused-ring (bicyclic) bond motifs is 1. The highest BCUT2D eigenvalue weighted by Gasteiger charge is 2.22. The molecular formula is C12H14ClN3O. The first-order chi connectivity index (χ1) is 8.29. The first-order valence-corrected chi connectivity index (χ1v) is 6.30. The van der Waals surface area contributed by atoms with E-state index in [1.54, 1.807) is 6.20 Å². The second-order valence-electron chi connectivity index (χ2n) is 4.52. The molecule has 17 heavy (non-hydrogen) atoms. The van der Waals surface area contributed by atoms with Gasteiger partial charge in [0, 0.05) is 23.3 Å². The lowest BCUT2D eigenvalue weighted by Crippen LogP contribution is -2.09. The van der Waals surface area contributed by atoms with Crippen LogP contribution in [-0.4, -0.2) is 19.6 Å². The van der Waals surface area contributed by atoms with Crippen molar-refractivity contribution in [3.8, 4) is 0 Å². The molecule has 1 aliphatic rings. The summed E-state index contributed by atoms with van der Waals surface area (Å²) in [5.41, 5.74) is 1.75. The summed E-state index contributed by atoms with van der Waals surface area (Å²) < 4.78 is 2.13. The molecule has 1 saturated carbocycles. The van der Waals surface area contributed by atoms with Crippen LogP contribution >= 0.6 is 11.6 Å². The Bertz CT molecular complexity index is 546. The Balaban J connectivity index is 2.20. The van der Waals surface area contributed by atoms with Crippen LogP contribution < -0.4 is 0 Å². The van der Waals surface area contributed by atoms with Gasteiger partial charge in [0.25, 0.3) is 0 Å². The molecule has 1 N–H and O–H groups in total. The largest absolute Gasteiger partial charge is 0.390 e. The van der Waals surface area contributed by atoms with E-state index in [0.717, 1.165) is 29.6 Å². The van der Waals surface area contributed by atoms with Crippen LogP contribution in [0, 0.1) is 0 Å². The van der Waals surface area contributed by atoms with E-state index in [-0.39, 0.29) is 11.9 Å². The summed E-state index contributed by atoms with van der Waals surface area (Å²) in [7, 11) is 0. The van der Waals surface area contributed by atoms with Gasteiger partial charge in [-0.15, -0.1) is 0 Å². The monoisotopic (exact) mass is 251 g/mol. The van der Waals surface area contributed by atoms with Crippen LogP contribution in [-0.2, 0) is 6.61 Å². The highest BCUT2D eigenvalue weighted by atomic mass is 35.5. The minimum atomic E-state index is 0.0322. The normalized spacial score (nSPS) is 17.1. The molecule has 2 heterocycles. The van der Waals surface area contributed by atoms with Crippen LogP contribution in [0.5, 0.6) is 0 Å². The van der Waals surface area contributed by atoms with E-state index in [1.165, 1.54) is 12.8 Å². The molecule has 0 atom stereocenters. The topological polar surface area (TPSA) is 50.9 Å². The van der Waals surface area contributed by atoms with Crippen LogP contribution in [0.25, 0.3) is 11.0 Å². The fourth-order valence-corrected chi connectivity index (χ4v) is 2.86. The van der Waals surface area contributed by atoms with E-state index in [1.807, 2.05) is 6.07 Å². The Morgan fingerprint density at radius 1 is 1.41 bits per heavy atom. The maximum atomic E-state index is 9.45. The van der Waals surface area contributed by atoms with E-state index in [0.29, 0.717) is 6.04 Å². The summed E-state index contributed by atoms with van der Waals surface area (Å²) in [4.78, 5) is 8.28. The Hall–Kier alpha value is -1.13. The molecule has 90 valence electrons. The average Bonchev–Trinajstić information content (AvgIpc) is 2.93. The van der Waals surface area contributed by atoms with Crippen molar-refractivity contribution in [3.05, 3.63) is 23.2 Å². The van der Waals surface area contributed by atoms with Crippen LogP contribution in [0.15, 0.2) is 12.3 Å². The summed E-state index contributed by atoms with van der Waals surface area (Å²) in [6.45, 7) is 0.0322. The molecule has 0 unspecified atom stereocenters. The van der Waals surface area contributed by atoms with Crippen molar-refractivity contribution in [1.82, 2.24) is 14.5 Å². The van der Waals surface area contributed by atoms with E-state index in [9.17, 15) is 5.11 Å². The number of hydrogen-bond donors (Lipinski definition) is 1. The van der Waals surface area contributed by atoms with Gasteiger partial charge in [-0.25, -0.2) is 4.98 Å². The minimum Gasteiger partial charge on any atom is -0.390 e. The summed E-state index contributed by atoms with van der Waals surface area (Å²) in [5, 5.41) is 10.7. The number of rotatable bonds is 2. The molecule has 1 aliphatic carbocycles. The van der Waals surface area contributed by atoms with Gasteiger partial charge in [-0.2, -0.15) is 4.98 Å². The standard InChI is InChI=1S/C12H14ClN3O/c13-12-14-6-8-5-10(7-17)16(11(8)15-12)9-3-1-2-4-9/h5-6,9,17H,1-4,7H2. The van der Waals surface area contributed by atoms with Crippen LogP contribution in [0.3, 0.4) is 0 Å². The van der Waals surface area contributed by atoms with Gasteiger partial charge in [0.2, 0.25) is 5.28 Å². The van der Waals surface area contributed by atoms with Crippen molar-refractivity contribution >= 4 is 22.6 Å². The van der Waals surface area contributed by atoms with E-state index >= 15 is 0 Å². The van der Waals surface area contributed by atoms with Crippen molar-refractivity contribution in [2.45, 2.75) is 38.3 Å².